The van der Waals surface area contributed by atoms with Crippen LogP contribution in [-0.4, -0.2) is 96.7 Å². The Kier molecular flexibility index (Phi) is 70.6. The fraction of sp³-hybridized carbons (Fsp3) is 0.952. The smallest absolute Gasteiger partial charge is 0.462 e. The molecule has 7 atom stereocenters. The van der Waals surface area contributed by atoms with Crippen molar-refractivity contribution in [1.82, 2.24) is 0 Å². The molecule has 19 heteroatoms. The molecule has 0 aromatic carbocycles. The van der Waals surface area contributed by atoms with Crippen molar-refractivity contribution in [2.75, 3.05) is 39.6 Å². The summed E-state index contributed by atoms with van der Waals surface area (Å²) in [6.45, 7) is 14.3. The first-order valence-electron chi connectivity index (χ1n) is 42.8. The van der Waals surface area contributed by atoms with Crippen LogP contribution in [0.4, 0.5) is 0 Å². The fourth-order valence-electron chi connectivity index (χ4n) is 12.7. The first-order chi connectivity index (χ1) is 49.2. The van der Waals surface area contributed by atoms with E-state index in [1.54, 1.807) is 0 Å². The molecule has 0 bridgehead atoms. The van der Waals surface area contributed by atoms with Crippen LogP contribution in [0.2, 0.25) is 0 Å². The van der Waals surface area contributed by atoms with E-state index in [2.05, 4.69) is 55.4 Å². The van der Waals surface area contributed by atoms with E-state index in [1.807, 2.05) is 0 Å². The van der Waals surface area contributed by atoms with Gasteiger partial charge >= 0.3 is 39.5 Å². The second-order valence-electron chi connectivity index (χ2n) is 31.3. The zero-order valence-corrected chi connectivity index (χ0v) is 69.0. The number of carbonyl (C=O) groups is 4. The zero-order chi connectivity index (χ0) is 75.3. The van der Waals surface area contributed by atoms with Crippen LogP contribution in [0.25, 0.3) is 0 Å². The minimum absolute atomic E-state index is 0.106. The number of phosphoric ester groups is 2. The minimum atomic E-state index is -4.96. The van der Waals surface area contributed by atoms with E-state index in [4.69, 9.17) is 37.0 Å². The molecule has 0 aromatic heterocycles. The number of aliphatic hydroxyl groups is 1. The maximum absolute atomic E-state index is 13.1. The molecule has 3 N–H and O–H groups in total. The van der Waals surface area contributed by atoms with Gasteiger partial charge in [-0.15, -0.1) is 0 Å². The van der Waals surface area contributed by atoms with Crippen LogP contribution in [-0.2, 0) is 65.4 Å². The van der Waals surface area contributed by atoms with Gasteiger partial charge in [0.1, 0.15) is 19.3 Å². The molecular weight excluding hydrogens is 1330 g/mol. The van der Waals surface area contributed by atoms with Crippen molar-refractivity contribution in [3.05, 3.63) is 0 Å². The second kappa shape index (κ2) is 72.0. The summed E-state index contributed by atoms with van der Waals surface area (Å²) in [7, 11) is -9.93. The van der Waals surface area contributed by atoms with Gasteiger partial charge in [0, 0.05) is 25.7 Å². The number of aliphatic hydroxyl groups excluding tert-OH is 1. The van der Waals surface area contributed by atoms with Crippen molar-refractivity contribution in [2.24, 2.45) is 23.7 Å². The Morgan fingerprint density at radius 3 is 0.696 bits per heavy atom. The van der Waals surface area contributed by atoms with Crippen LogP contribution in [0.3, 0.4) is 0 Å². The van der Waals surface area contributed by atoms with Gasteiger partial charge < -0.3 is 33.8 Å². The quantitative estimate of drug-likeness (QED) is 0.0222. The number of hydrogen-bond acceptors (Lipinski definition) is 15. The molecule has 0 heterocycles. The molecule has 0 amide bonds. The molecular formula is C83H162O17P2. The zero-order valence-electron chi connectivity index (χ0n) is 67.2. The first kappa shape index (κ1) is 100. The summed E-state index contributed by atoms with van der Waals surface area (Å²) in [5, 5.41) is 10.7. The van der Waals surface area contributed by atoms with E-state index in [0.29, 0.717) is 25.7 Å². The van der Waals surface area contributed by atoms with Crippen LogP contribution in [0.1, 0.15) is 428 Å². The van der Waals surface area contributed by atoms with E-state index in [1.165, 1.54) is 231 Å². The molecule has 0 aliphatic heterocycles. The van der Waals surface area contributed by atoms with Crippen molar-refractivity contribution in [3.8, 4) is 0 Å². The van der Waals surface area contributed by atoms with Crippen molar-refractivity contribution >= 4 is 39.5 Å². The van der Waals surface area contributed by atoms with Crippen molar-refractivity contribution < 1.29 is 80.2 Å². The monoisotopic (exact) mass is 1490 g/mol. The largest absolute Gasteiger partial charge is 0.472 e. The maximum Gasteiger partial charge on any atom is 0.472 e. The van der Waals surface area contributed by atoms with Crippen LogP contribution in [0.5, 0.6) is 0 Å². The van der Waals surface area contributed by atoms with Crippen LogP contribution in [0.15, 0.2) is 0 Å². The summed E-state index contributed by atoms with van der Waals surface area (Å²) >= 11 is 0. The van der Waals surface area contributed by atoms with Gasteiger partial charge in [-0.2, -0.15) is 0 Å². The van der Waals surface area contributed by atoms with Gasteiger partial charge in [0.2, 0.25) is 0 Å². The number of esters is 4. The Morgan fingerprint density at radius 1 is 0.275 bits per heavy atom. The van der Waals surface area contributed by atoms with E-state index >= 15 is 0 Å². The predicted molar refractivity (Wildman–Crippen MR) is 418 cm³/mol. The maximum atomic E-state index is 13.1. The van der Waals surface area contributed by atoms with E-state index < -0.39 is 97.5 Å². The summed E-state index contributed by atoms with van der Waals surface area (Å²) in [5.74, 6) is 1.08. The van der Waals surface area contributed by atoms with Gasteiger partial charge in [0.15, 0.2) is 12.2 Å². The number of unbranched alkanes of at least 4 members (excludes halogenated alkanes) is 44. The third-order valence-electron chi connectivity index (χ3n) is 20.0. The lowest BCUT2D eigenvalue weighted by atomic mass is 9.99. The highest BCUT2D eigenvalue weighted by molar-refractivity contribution is 7.47. The highest BCUT2D eigenvalue weighted by atomic mass is 31.2. The first-order valence-corrected chi connectivity index (χ1v) is 45.8. The summed E-state index contributed by atoms with van der Waals surface area (Å²) in [4.78, 5) is 73.2. The van der Waals surface area contributed by atoms with Crippen molar-refractivity contribution in [2.45, 2.75) is 446 Å². The van der Waals surface area contributed by atoms with Crippen molar-refractivity contribution in [3.63, 3.8) is 0 Å². The normalized spacial score (nSPS) is 14.5. The molecule has 606 valence electrons. The number of rotatable bonds is 80. The van der Waals surface area contributed by atoms with Crippen LogP contribution in [0, 0.1) is 23.7 Å². The topological polar surface area (TPSA) is 237 Å². The molecule has 0 aliphatic carbocycles. The Balaban J connectivity index is 5.27. The van der Waals surface area contributed by atoms with Gasteiger partial charge in [-0.1, -0.05) is 376 Å². The lowest BCUT2D eigenvalue weighted by Gasteiger charge is -2.21. The lowest BCUT2D eigenvalue weighted by Crippen LogP contribution is -2.30. The summed E-state index contributed by atoms with van der Waals surface area (Å²) < 4.78 is 68.8. The summed E-state index contributed by atoms with van der Waals surface area (Å²) in [6.07, 6.45) is 59.5. The Morgan fingerprint density at radius 2 is 0.471 bits per heavy atom. The number of hydrogen-bond donors (Lipinski definition) is 3. The summed E-state index contributed by atoms with van der Waals surface area (Å²) in [6, 6.07) is 0. The molecule has 4 unspecified atom stereocenters. The molecule has 0 saturated carbocycles. The predicted octanol–water partition coefficient (Wildman–Crippen LogP) is 24.8. The minimum Gasteiger partial charge on any atom is -0.462 e. The molecule has 0 radical (unpaired) electrons. The molecule has 0 spiro atoms. The van der Waals surface area contributed by atoms with Crippen LogP contribution >= 0.6 is 15.6 Å². The fourth-order valence-corrected chi connectivity index (χ4v) is 14.3. The van der Waals surface area contributed by atoms with Gasteiger partial charge in [0.05, 0.1) is 26.4 Å². The molecule has 17 nitrogen and oxygen atoms in total. The van der Waals surface area contributed by atoms with Crippen LogP contribution < -0.4 is 0 Å². The Bertz CT molecular complexity index is 1990. The van der Waals surface area contributed by atoms with E-state index in [0.717, 1.165) is 114 Å². The average Bonchev–Trinajstić information content (AvgIpc) is 0.924. The van der Waals surface area contributed by atoms with Gasteiger partial charge in [-0.05, 0) is 49.4 Å². The molecule has 0 aromatic rings. The molecule has 0 fully saturated rings. The van der Waals surface area contributed by atoms with Gasteiger partial charge in [-0.3, -0.25) is 37.3 Å². The third kappa shape index (κ3) is 73.6. The third-order valence-corrected chi connectivity index (χ3v) is 21.9. The SMILES string of the molecule is CCC(C)CCCCCCCCCCCCC(=O)O[C@H](COC(=O)CCCCCCCCCCC(C)CC)COP(=O)(O)OC[C@H](O)COP(=O)(O)OC[C@@H](COC(=O)CCCCCCCCCCCCCCCCCC(C)C)OC(=O)CCCCCCCCCCCCCCCCCC(C)C. The highest BCUT2D eigenvalue weighted by Gasteiger charge is 2.30. The molecule has 0 aliphatic rings. The number of phosphoric acid groups is 2. The molecule has 0 rings (SSSR count). The molecule has 102 heavy (non-hydrogen) atoms. The van der Waals surface area contributed by atoms with Gasteiger partial charge in [-0.25, -0.2) is 9.13 Å². The lowest BCUT2D eigenvalue weighted by molar-refractivity contribution is -0.161. The molecule has 0 saturated heterocycles. The van der Waals surface area contributed by atoms with Crippen molar-refractivity contribution in [1.29, 1.82) is 0 Å². The highest BCUT2D eigenvalue weighted by Crippen LogP contribution is 2.45. The number of ether oxygens (including phenoxy) is 4. The Hall–Kier alpha value is -1.94. The summed E-state index contributed by atoms with van der Waals surface area (Å²) in [5.41, 5.74) is 0. The van der Waals surface area contributed by atoms with E-state index in [-0.39, 0.29) is 25.7 Å². The average molecular weight is 1490 g/mol. The second-order valence-corrected chi connectivity index (χ2v) is 34.2. The standard InChI is InChI=1S/C83H162O17P2/c1-9-75(7)61-53-45-37-29-25-26-32-42-50-58-66-83(88)100-79(70-94-81(86)64-56-48-40-34-33-38-46-54-62-76(8)10-2)72-98-102(91,92)96-68-77(84)67-95-101(89,90)97-71-78(99-82(87)65-57-49-41-31-24-20-16-12-14-18-22-28-36-44-52-60-74(5)6)69-93-80(85)63-55-47-39-30-23-19-15-11-13-17-21-27-35-43-51-59-73(3)4/h73-79,84H,9-72H2,1-8H3,(H,89,90)(H,91,92)/t75?,76?,77-,78-,79-/m1/s1. The van der Waals surface area contributed by atoms with E-state index in [9.17, 15) is 43.2 Å². The van der Waals surface area contributed by atoms with Gasteiger partial charge in [0.25, 0.3) is 0 Å². The Labute approximate surface area is 626 Å². The number of carbonyl (C=O) groups excluding carboxylic acids is 4.